The molecule has 0 saturated heterocycles. The lowest BCUT2D eigenvalue weighted by Crippen LogP contribution is -2.50. The normalized spacial score (nSPS) is 39.5. The van der Waals surface area contributed by atoms with Crippen LogP contribution in [-0.4, -0.2) is 15.9 Å². The number of hydrogen-bond acceptors (Lipinski definition) is 5. The van der Waals surface area contributed by atoms with Gasteiger partial charge in [-0.05, 0) is 85.0 Å². The predicted octanol–water partition coefficient (Wildman–Crippen LogP) is 5.88. The summed E-state index contributed by atoms with van der Waals surface area (Å²) < 4.78 is 6.08. The summed E-state index contributed by atoms with van der Waals surface area (Å²) in [5.41, 5.74) is 3.71. The van der Waals surface area contributed by atoms with E-state index < -0.39 is 0 Å². The maximum absolute atomic E-state index is 12.1. The monoisotopic (exact) mass is 442 g/mol. The summed E-state index contributed by atoms with van der Waals surface area (Å²) in [6.45, 7) is 4.70. The number of aromatic nitrogens is 1. The van der Waals surface area contributed by atoms with Crippen LogP contribution in [0.1, 0.15) is 70.3 Å². The molecule has 0 spiro atoms. The molecule has 2 saturated carbocycles. The molecule has 6 atom stereocenters. The molecule has 0 aromatic carbocycles. The molecule has 5 heteroatoms. The number of nitrogens with zero attached hydrogens (tertiary/aromatic N) is 2. The maximum atomic E-state index is 12.1. The second kappa shape index (κ2) is 7.06. The van der Waals surface area contributed by atoms with E-state index in [0.29, 0.717) is 24.2 Å². The van der Waals surface area contributed by atoms with Crippen LogP contribution >= 0.6 is 0 Å². The molecule has 1 aromatic rings. The summed E-state index contributed by atoms with van der Waals surface area (Å²) in [5, 5.41) is 20.6. The van der Waals surface area contributed by atoms with E-state index in [9.17, 15) is 15.2 Å². The number of allylic oxidation sites excluding steroid dienone is 5. The van der Waals surface area contributed by atoms with E-state index in [2.05, 4.69) is 24.9 Å². The van der Waals surface area contributed by atoms with Crippen LogP contribution in [0.2, 0.25) is 0 Å². The predicted molar refractivity (Wildman–Crippen MR) is 122 cm³/mol. The van der Waals surface area contributed by atoms with Gasteiger partial charge >= 0.3 is 0 Å². The summed E-state index contributed by atoms with van der Waals surface area (Å²) >= 11 is 0. The molecule has 0 amide bonds. The van der Waals surface area contributed by atoms with Gasteiger partial charge in [0.25, 0.3) is 5.95 Å². The first-order valence-corrected chi connectivity index (χ1v) is 12.2. The lowest BCUT2D eigenvalue weighted by molar-refractivity contribution is -0.117. The van der Waals surface area contributed by atoms with Crippen molar-refractivity contribution < 1.29 is 14.6 Å². The van der Waals surface area contributed by atoms with Gasteiger partial charge in [-0.3, -0.25) is 9.78 Å². The number of ketones is 1. The SMILES string of the molecule is C[C@]12CCC(=O)C=C1CC[C@@H]1[C@@H]2CC[C@]2(C)C3=C(C[C@@H]12)C(c1cccnc1)C(C#N)=C(O)O3. The number of fused-ring (bicyclic) bond motifs is 6. The Hall–Kier alpha value is -2.87. The molecule has 1 N–H and O–H groups in total. The van der Waals surface area contributed by atoms with E-state index >= 15 is 0 Å². The third-order valence-corrected chi connectivity index (χ3v) is 9.81. The topological polar surface area (TPSA) is 83.2 Å². The van der Waals surface area contributed by atoms with E-state index in [4.69, 9.17) is 4.74 Å². The molecule has 1 unspecified atom stereocenters. The number of carbonyl (C=O) groups is 1. The van der Waals surface area contributed by atoms with Gasteiger partial charge in [0.1, 0.15) is 17.4 Å². The molecule has 0 radical (unpaired) electrons. The van der Waals surface area contributed by atoms with E-state index in [1.807, 2.05) is 18.2 Å². The van der Waals surface area contributed by atoms with Crippen molar-refractivity contribution in [3.8, 4) is 6.07 Å². The first-order valence-electron chi connectivity index (χ1n) is 12.2. The van der Waals surface area contributed by atoms with Crippen molar-refractivity contribution in [3.05, 3.63) is 64.6 Å². The lowest BCUT2D eigenvalue weighted by atomic mass is 9.47. The fourth-order valence-corrected chi connectivity index (χ4v) is 8.14. The van der Waals surface area contributed by atoms with Gasteiger partial charge in [-0.15, -0.1) is 0 Å². The Morgan fingerprint density at radius 2 is 2.03 bits per heavy atom. The number of pyridine rings is 1. The maximum Gasteiger partial charge on any atom is 0.297 e. The van der Waals surface area contributed by atoms with Gasteiger partial charge in [0.15, 0.2) is 5.78 Å². The molecule has 1 aliphatic heterocycles. The Kier molecular flexibility index (Phi) is 4.43. The average molecular weight is 443 g/mol. The number of aliphatic hydroxyl groups is 1. The van der Waals surface area contributed by atoms with Crippen LogP contribution in [0, 0.1) is 39.9 Å². The zero-order valence-electron chi connectivity index (χ0n) is 19.3. The van der Waals surface area contributed by atoms with Crippen LogP contribution in [-0.2, 0) is 9.53 Å². The number of hydrogen-bond donors (Lipinski definition) is 1. The summed E-state index contributed by atoms with van der Waals surface area (Å²) in [6.07, 6.45) is 12.2. The lowest BCUT2D eigenvalue weighted by Gasteiger charge is -2.57. The molecule has 1 aromatic heterocycles. The van der Waals surface area contributed by atoms with E-state index in [1.54, 1.807) is 12.4 Å². The summed E-state index contributed by atoms with van der Waals surface area (Å²) in [5.74, 6) is 2.17. The zero-order chi connectivity index (χ0) is 23.0. The van der Waals surface area contributed by atoms with Crippen molar-refractivity contribution in [2.24, 2.45) is 28.6 Å². The van der Waals surface area contributed by atoms with Gasteiger partial charge in [0, 0.05) is 24.2 Å². The van der Waals surface area contributed by atoms with Gasteiger partial charge in [-0.2, -0.15) is 5.26 Å². The second-order valence-corrected chi connectivity index (χ2v) is 11.1. The van der Waals surface area contributed by atoms with Crippen LogP contribution in [0.3, 0.4) is 0 Å². The van der Waals surface area contributed by atoms with Crippen LogP contribution in [0.15, 0.2) is 59.0 Å². The largest absolute Gasteiger partial charge is 0.480 e. The van der Waals surface area contributed by atoms with Crippen molar-refractivity contribution in [2.45, 2.75) is 64.7 Å². The van der Waals surface area contributed by atoms with Crippen molar-refractivity contribution >= 4 is 5.78 Å². The van der Waals surface area contributed by atoms with Crippen molar-refractivity contribution in [3.63, 3.8) is 0 Å². The molecule has 2 heterocycles. The Bertz CT molecular complexity index is 1170. The smallest absolute Gasteiger partial charge is 0.297 e. The molecule has 170 valence electrons. The summed E-state index contributed by atoms with van der Waals surface area (Å²) in [6, 6.07) is 6.09. The molecule has 0 bridgehead atoms. The van der Waals surface area contributed by atoms with Gasteiger partial charge in [0.2, 0.25) is 0 Å². The number of aliphatic hydroxyl groups excluding tert-OH is 1. The minimum Gasteiger partial charge on any atom is -0.480 e. The molecule has 2 fully saturated rings. The van der Waals surface area contributed by atoms with Gasteiger partial charge < -0.3 is 9.84 Å². The zero-order valence-corrected chi connectivity index (χ0v) is 19.3. The second-order valence-electron chi connectivity index (χ2n) is 11.1. The van der Waals surface area contributed by atoms with E-state index in [1.165, 1.54) is 5.57 Å². The number of ether oxygens (including phenoxy) is 1. The van der Waals surface area contributed by atoms with Gasteiger partial charge in [-0.1, -0.05) is 25.5 Å². The molecule has 33 heavy (non-hydrogen) atoms. The van der Waals surface area contributed by atoms with E-state index in [-0.39, 0.29) is 34.0 Å². The van der Waals surface area contributed by atoms with E-state index in [0.717, 1.165) is 55.4 Å². The first-order chi connectivity index (χ1) is 15.9. The standard InChI is InChI=1S/C28H30N2O3/c1-27-9-7-18(31)12-17(27)5-6-19-22(27)8-10-28(2)23(19)13-20-24(16-4-3-11-30-15-16)21(14-29)26(32)33-25(20)28/h3-4,11-12,15,19,22-24,32H,5-10,13H2,1-2H3/t19-,22+,23+,24?,27+,28+/m1/s1. The van der Waals surface area contributed by atoms with Crippen molar-refractivity contribution in [1.82, 2.24) is 4.98 Å². The van der Waals surface area contributed by atoms with Crippen LogP contribution in [0.25, 0.3) is 0 Å². The Balaban J connectivity index is 1.40. The fraction of sp³-hybridized carbons (Fsp3) is 0.536. The van der Waals surface area contributed by atoms with Crippen molar-refractivity contribution in [1.29, 1.82) is 5.26 Å². The third kappa shape index (κ3) is 2.76. The Morgan fingerprint density at radius 3 is 2.79 bits per heavy atom. The van der Waals surface area contributed by atoms with Gasteiger partial charge in [0.05, 0.1) is 5.92 Å². The molecule has 5 aliphatic rings. The molecule has 5 nitrogen and oxygen atoms in total. The molecular formula is C28H30N2O3. The summed E-state index contributed by atoms with van der Waals surface area (Å²) in [7, 11) is 0. The Labute approximate surface area is 194 Å². The van der Waals surface area contributed by atoms with Gasteiger partial charge in [-0.25, -0.2) is 0 Å². The minimum atomic E-state index is -0.296. The highest BCUT2D eigenvalue weighted by Crippen LogP contribution is 2.68. The Morgan fingerprint density at radius 1 is 1.18 bits per heavy atom. The third-order valence-electron chi connectivity index (χ3n) is 9.81. The number of rotatable bonds is 1. The highest BCUT2D eigenvalue weighted by molar-refractivity contribution is 5.91. The highest BCUT2D eigenvalue weighted by Gasteiger charge is 2.61. The molecule has 6 rings (SSSR count). The van der Waals surface area contributed by atoms with Crippen LogP contribution in [0.4, 0.5) is 0 Å². The molecule has 4 aliphatic carbocycles. The number of carbonyl (C=O) groups excluding carboxylic acids is 1. The summed E-state index contributed by atoms with van der Waals surface area (Å²) in [4.78, 5) is 16.4. The van der Waals surface area contributed by atoms with Crippen LogP contribution < -0.4 is 0 Å². The highest BCUT2D eigenvalue weighted by atomic mass is 16.6. The number of nitriles is 1. The van der Waals surface area contributed by atoms with Crippen LogP contribution in [0.5, 0.6) is 0 Å². The van der Waals surface area contributed by atoms with Crippen molar-refractivity contribution in [2.75, 3.05) is 0 Å². The molecular weight excluding hydrogens is 412 g/mol. The fourth-order valence-electron chi connectivity index (χ4n) is 8.14. The quantitative estimate of drug-likeness (QED) is 0.587. The average Bonchev–Trinajstić information content (AvgIpc) is 3.11. The first kappa shape index (κ1) is 20.7. The minimum absolute atomic E-state index is 0.114.